The van der Waals surface area contributed by atoms with E-state index in [1.807, 2.05) is 0 Å². The van der Waals surface area contributed by atoms with Gasteiger partial charge in [-0.15, -0.1) is 0 Å². The molecule has 0 aromatic rings. The fourth-order valence-electron chi connectivity index (χ4n) is 2.87. The molecule has 1 saturated heterocycles. The Morgan fingerprint density at radius 2 is 1.87 bits per heavy atom. The Morgan fingerprint density at radius 3 is 2.53 bits per heavy atom. The van der Waals surface area contributed by atoms with E-state index in [-0.39, 0.29) is 0 Å². The highest BCUT2D eigenvalue weighted by atomic mass is 79.9. The Bertz CT molecular complexity index is 180. The van der Waals surface area contributed by atoms with Crippen molar-refractivity contribution in [3.05, 3.63) is 0 Å². The number of rotatable bonds is 2. The summed E-state index contributed by atoms with van der Waals surface area (Å²) in [4.78, 5) is 2.70. The van der Waals surface area contributed by atoms with E-state index in [2.05, 4.69) is 20.8 Å². The maximum absolute atomic E-state index is 5.55. The lowest BCUT2D eigenvalue weighted by Gasteiger charge is -2.40. The zero-order valence-electron chi connectivity index (χ0n) is 9.46. The van der Waals surface area contributed by atoms with Crippen LogP contribution in [0.15, 0.2) is 0 Å². The number of hydrogen-bond acceptors (Lipinski definition) is 2. The van der Waals surface area contributed by atoms with Crippen molar-refractivity contribution in [2.75, 3.05) is 25.1 Å². The van der Waals surface area contributed by atoms with Gasteiger partial charge in [0.2, 0.25) is 0 Å². The van der Waals surface area contributed by atoms with Gasteiger partial charge in [0.1, 0.15) is 0 Å². The lowest BCUT2D eigenvalue weighted by molar-refractivity contribution is -0.0226. The van der Waals surface area contributed by atoms with E-state index in [4.69, 9.17) is 4.74 Å². The molecule has 1 aliphatic heterocycles. The van der Waals surface area contributed by atoms with Crippen LogP contribution in [0.3, 0.4) is 0 Å². The Hall–Kier alpha value is 0.400. The van der Waals surface area contributed by atoms with Crippen molar-refractivity contribution < 1.29 is 4.74 Å². The normalized spacial score (nSPS) is 31.4. The molecular formula is C12H22BrNO. The molecule has 3 heteroatoms. The topological polar surface area (TPSA) is 12.5 Å². The summed E-state index contributed by atoms with van der Waals surface area (Å²) in [5, 5.41) is 1.06. The Labute approximate surface area is 101 Å². The van der Waals surface area contributed by atoms with Crippen LogP contribution in [0, 0.1) is 0 Å². The summed E-state index contributed by atoms with van der Waals surface area (Å²) in [5.74, 6) is 0. The number of halogens is 1. The molecule has 88 valence electrons. The van der Waals surface area contributed by atoms with Crippen molar-refractivity contribution in [3.8, 4) is 0 Å². The third-order valence-electron chi connectivity index (χ3n) is 3.74. The van der Waals surface area contributed by atoms with Crippen LogP contribution in [-0.2, 0) is 4.74 Å². The predicted octanol–water partition coefficient (Wildman–Crippen LogP) is 2.80. The van der Waals surface area contributed by atoms with Gasteiger partial charge in [-0.3, -0.25) is 4.90 Å². The lowest BCUT2D eigenvalue weighted by Crippen LogP contribution is -2.51. The third-order valence-corrected chi connectivity index (χ3v) is 4.49. The van der Waals surface area contributed by atoms with Crippen LogP contribution in [-0.4, -0.2) is 42.1 Å². The molecule has 0 amide bonds. The van der Waals surface area contributed by atoms with Crippen LogP contribution in [0.2, 0.25) is 0 Å². The molecular weight excluding hydrogens is 254 g/mol. The van der Waals surface area contributed by atoms with Gasteiger partial charge in [-0.25, -0.2) is 0 Å². The lowest BCUT2D eigenvalue weighted by atomic mass is 10.0. The smallest absolute Gasteiger partial charge is 0.0630 e. The monoisotopic (exact) mass is 275 g/mol. The van der Waals surface area contributed by atoms with Crippen molar-refractivity contribution in [1.82, 2.24) is 4.90 Å². The molecule has 1 atom stereocenters. The van der Waals surface area contributed by atoms with E-state index in [1.165, 1.54) is 38.5 Å². The molecule has 0 bridgehead atoms. The largest absolute Gasteiger partial charge is 0.378 e. The van der Waals surface area contributed by atoms with Gasteiger partial charge < -0.3 is 4.74 Å². The summed E-state index contributed by atoms with van der Waals surface area (Å²) in [6.45, 7) is 2.99. The number of alkyl halides is 1. The second-order valence-corrected chi connectivity index (χ2v) is 5.41. The Balaban J connectivity index is 1.92. The molecule has 2 fully saturated rings. The van der Waals surface area contributed by atoms with E-state index in [1.54, 1.807) is 0 Å². The molecule has 2 nitrogen and oxygen atoms in total. The molecule has 0 N–H and O–H groups in total. The molecule has 1 heterocycles. The Morgan fingerprint density at radius 1 is 1.13 bits per heavy atom. The number of ether oxygens (including phenoxy) is 1. The van der Waals surface area contributed by atoms with Crippen LogP contribution >= 0.6 is 15.9 Å². The maximum Gasteiger partial charge on any atom is 0.0630 e. The van der Waals surface area contributed by atoms with E-state index in [0.29, 0.717) is 6.04 Å². The van der Waals surface area contributed by atoms with Gasteiger partial charge in [0.15, 0.2) is 0 Å². The number of hydrogen-bond donors (Lipinski definition) is 0. The molecule has 0 radical (unpaired) electrons. The summed E-state index contributed by atoms with van der Waals surface area (Å²) in [6, 6.07) is 1.45. The first-order chi connectivity index (χ1) is 7.42. The second-order valence-electron chi connectivity index (χ2n) is 4.77. The average molecular weight is 276 g/mol. The highest BCUT2D eigenvalue weighted by Crippen LogP contribution is 2.25. The fraction of sp³-hybridized carbons (Fsp3) is 1.00. The van der Waals surface area contributed by atoms with E-state index < -0.39 is 0 Å². The minimum Gasteiger partial charge on any atom is -0.378 e. The van der Waals surface area contributed by atoms with Gasteiger partial charge in [-0.1, -0.05) is 41.6 Å². The van der Waals surface area contributed by atoms with E-state index in [0.717, 1.165) is 31.1 Å². The van der Waals surface area contributed by atoms with Crippen LogP contribution in [0.4, 0.5) is 0 Å². The van der Waals surface area contributed by atoms with Crippen molar-refractivity contribution in [2.24, 2.45) is 0 Å². The summed E-state index contributed by atoms with van der Waals surface area (Å²) < 4.78 is 5.55. The quantitative estimate of drug-likeness (QED) is 0.568. The molecule has 1 unspecified atom stereocenters. The van der Waals surface area contributed by atoms with Crippen LogP contribution in [0.5, 0.6) is 0 Å². The Kier molecular flexibility index (Phi) is 4.92. The first kappa shape index (κ1) is 11.9. The SMILES string of the molecule is BrCC1COCCN1C1CCCCCC1. The standard InChI is InChI=1S/C12H22BrNO/c13-9-12-10-15-8-7-14(12)11-5-3-1-2-4-6-11/h11-12H,1-10H2. The second kappa shape index (κ2) is 6.21. The zero-order valence-corrected chi connectivity index (χ0v) is 11.0. The molecule has 2 aliphatic rings. The predicted molar refractivity (Wildman–Crippen MR) is 66.6 cm³/mol. The van der Waals surface area contributed by atoms with Crippen LogP contribution in [0.25, 0.3) is 0 Å². The zero-order chi connectivity index (χ0) is 10.5. The van der Waals surface area contributed by atoms with Crippen molar-refractivity contribution in [3.63, 3.8) is 0 Å². The van der Waals surface area contributed by atoms with Gasteiger partial charge in [-0.05, 0) is 12.8 Å². The summed E-state index contributed by atoms with van der Waals surface area (Å²) in [7, 11) is 0. The van der Waals surface area contributed by atoms with Gasteiger partial charge in [0.05, 0.1) is 13.2 Å². The van der Waals surface area contributed by atoms with E-state index in [9.17, 15) is 0 Å². The van der Waals surface area contributed by atoms with Crippen molar-refractivity contribution in [1.29, 1.82) is 0 Å². The van der Waals surface area contributed by atoms with Gasteiger partial charge in [-0.2, -0.15) is 0 Å². The third kappa shape index (κ3) is 3.18. The summed E-state index contributed by atoms with van der Waals surface area (Å²) >= 11 is 3.62. The molecule has 2 rings (SSSR count). The summed E-state index contributed by atoms with van der Waals surface area (Å²) in [5.41, 5.74) is 0. The molecule has 0 aromatic heterocycles. The fourth-order valence-corrected chi connectivity index (χ4v) is 3.43. The minimum absolute atomic E-state index is 0.613. The highest BCUT2D eigenvalue weighted by molar-refractivity contribution is 9.09. The van der Waals surface area contributed by atoms with Crippen LogP contribution < -0.4 is 0 Å². The average Bonchev–Trinajstić information content (AvgIpc) is 2.57. The van der Waals surface area contributed by atoms with Gasteiger partial charge in [0, 0.05) is 24.0 Å². The van der Waals surface area contributed by atoms with Gasteiger partial charge in [0.25, 0.3) is 0 Å². The minimum atomic E-state index is 0.613. The summed E-state index contributed by atoms with van der Waals surface area (Å²) in [6.07, 6.45) is 8.56. The van der Waals surface area contributed by atoms with Crippen molar-refractivity contribution >= 4 is 15.9 Å². The molecule has 0 spiro atoms. The highest BCUT2D eigenvalue weighted by Gasteiger charge is 2.28. The molecule has 15 heavy (non-hydrogen) atoms. The molecule has 1 aliphatic carbocycles. The van der Waals surface area contributed by atoms with Crippen LogP contribution in [0.1, 0.15) is 38.5 Å². The van der Waals surface area contributed by atoms with Crippen molar-refractivity contribution in [2.45, 2.75) is 50.6 Å². The first-order valence-corrected chi connectivity index (χ1v) is 7.43. The number of morpholine rings is 1. The number of nitrogens with zero attached hydrogens (tertiary/aromatic N) is 1. The van der Waals surface area contributed by atoms with Gasteiger partial charge >= 0.3 is 0 Å². The maximum atomic E-state index is 5.55. The molecule has 1 saturated carbocycles. The first-order valence-electron chi connectivity index (χ1n) is 6.31. The van der Waals surface area contributed by atoms with E-state index >= 15 is 0 Å². The molecule has 0 aromatic carbocycles.